The van der Waals surface area contributed by atoms with Gasteiger partial charge in [-0.05, 0) is 43.4 Å². The minimum absolute atomic E-state index is 0.0683. The maximum atomic E-state index is 12.7. The number of amides is 3. The zero-order valence-electron chi connectivity index (χ0n) is 15.9. The molecule has 2 fully saturated rings. The van der Waals surface area contributed by atoms with Crippen LogP contribution < -0.4 is 5.32 Å². The van der Waals surface area contributed by atoms with Gasteiger partial charge in [0.25, 0.3) is 0 Å². The standard InChI is InChI=1S/C21H31N3O2/c1-2-17-9-11-19(12-10-17)22-21(26)24-14-6-13-23(15-16-24)20(25)18-7-4-3-5-8-18/h9-12,18H,2-8,13-16H2,1H3,(H,22,26). The Hall–Kier alpha value is -2.04. The second kappa shape index (κ2) is 9.06. The monoisotopic (exact) mass is 357 g/mol. The van der Waals surface area contributed by atoms with E-state index in [0.29, 0.717) is 25.5 Å². The first kappa shape index (κ1) is 18.7. The van der Waals surface area contributed by atoms with Crippen molar-refractivity contribution in [1.82, 2.24) is 9.80 Å². The molecule has 1 N–H and O–H groups in total. The summed E-state index contributed by atoms with van der Waals surface area (Å²) in [6.45, 7) is 4.84. The maximum absolute atomic E-state index is 12.7. The molecule has 1 aliphatic carbocycles. The summed E-state index contributed by atoms with van der Waals surface area (Å²) in [5.74, 6) is 0.517. The summed E-state index contributed by atoms with van der Waals surface area (Å²) in [4.78, 5) is 29.1. The van der Waals surface area contributed by atoms with Crippen molar-refractivity contribution < 1.29 is 9.59 Å². The zero-order valence-corrected chi connectivity index (χ0v) is 15.9. The van der Waals surface area contributed by atoms with Crippen molar-refractivity contribution in [2.24, 2.45) is 5.92 Å². The van der Waals surface area contributed by atoms with Crippen molar-refractivity contribution in [1.29, 1.82) is 0 Å². The van der Waals surface area contributed by atoms with Crippen LogP contribution in [0.15, 0.2) is 24.3 Å². The van der Waals surface area contributed by atoms with E-state index >= 15 is 0 Å². The Bertz CT molecular complexity index is 608. The summed E-state index contributed by atoms with van der Waals surface area (Å²) in [6, 6.07) is 7.92. The fraction of sp³-hybridized carbons (Fsp3) is 0.619. The highest BCUT2D eigenvalue weighted by Crippen LogP contribution is 2.26. The van der Waals surface area contributed by atoms with Gasteiger partial charge in [0, 0.05) is 37.8 Å². The number of hydrogen-bond donors (Lipinski definition) is 1. The molecule has 142 valence electrons. The first-order chi connectivity index (χ1) is 12.7. The molecule has 1 aliphatic heterocycles. The van der Waals surface area contributed by atoms with Gasteiger partial charge in [0.05, 0.1) is 0 Å². The lowest BCUT2D eigenvalue weighted by molar-refractivity contribution is -0.136. The third kappa shape index (κ3) is 4.77. The Kier molecular flexibility index (Phi) is 6.53. The van der Waals surface area contributed by atoms with Gasteiger partial charge in [-0.15, -0.1) is 0 Å². The number of carbonyl (C=O) groups is 2. The van der Waals surface area contributed by atoms with Gasteiger partial charge in [-0.25, -0.2) is 4.79 Å². The van der Waals surface area contributed by atoms with Crippen molar-refractivity contribution in [3.8, 4) is 0 Å². The number of carbonyl (C=O) groups excluding carboxylic acids is 2. The molecule has 0 bridgehead atoms. The van der Waals surface area contributed by atoms with Gasteiger partial charge in [-0.3, -0.25) is 4.79 Å². The number of hydrogen-bond acceptors (Lipinski definition) is 2. The van der Waals surface area contributed by atoms with Crippen LogP contribution in [-0.2, 0) is 11.2 Å². The van der Waals surface area contributed by atoms with E-state index in [0.717, 1.165) is 37.9 Å². The molecule has 0 spiro atoms. The molecular weight excluding hydrogens is 326 g/mol. The Morgan fingerprint density at radius 2 is 1.58 bits per heavy atom. The van der Waals surface area contributed by atoms with Gasteiger partial charge in [0.15, 0.2) is 0 Å². The van der Waals surface area contributed by atoms with Crippen LogP contribution in [-0.4, -0.2) is 47.9 Å². The van der Waals surface area contributed by atoms with Crippen LogP contribution in [0, 0.1) is 5.92 Å². The molecule has 2 aliphatic rings. The van der Waals surface area contributed by atoms with Gasteiger partial charge < -0.3 is 15.1 Å². The number of aryl methyl sites for hydroxylation is 1. The minimum Gasteiger partial charge on any atom is -0.341 e. The summed E-state index contributed by atoms with van der Waals surface area (Å²) < 4.78 is 0. The van der Waals surface area contributed by atoms with Crippen LogP contribution in [0.1, 0.15) is 51.0 Å². The van der Waals surface area contributed by atoms with E-state index < -0.39 is 0 Å². The Labute approximate surface area is 156 Å². The van der Waals surface area contributed by atoms with Gasteiger partial charge in [-0.2, -0.15) is 0 Å². The van der Waals surface area contributed by atoms with E-state index in [2.05, 4.69) is 12.2 Å². The predicted molar refractivity (Wildman–Crippen MR) is 104 cm³/mol. The van der Waals surface area contributed by atoms with Crippen LogP contribution >= 0.6 is 0 Å². The summed E-state index contributed by atoms with van der Waals surface area (Å²) in [5.41, 5.74) is 2.08. The summed E-state index contributed by atoms with van der Waals surface area (Å²) in [6.07, 6.45) is 7.52. The van der Waals surface area contributed by atoms with E-state index in [-0.39, 0.29) is 11.9 Å². The molecule has 1 saturated heterocycles. The van der Waals surface area contributed by atoms with E-state index in [1.54, 1.807) is 0 Å². The molecule has 1 heterocycles. The van der Waals surface area contributed by atoms with Gasteiger partial charge in [0.1, 0.15) is 0 Å². The summed E-state index contributed by atoms with van der Waals surface area (Å²) in [5, 5.41) is 2.98. The minimum atomic E-state index is -0.0683. The third-order valence-electron chi connectivity index (χ3n) is 5.66. The SMILES string of the molecule is CCc1ccc(NC(=O)N2CCCN(C(=O)C3CCCCC3)CC2)cc1. The topological polar surface area (TPSA) is 52.7 Å². The fourth-order valence-corrected chi connectivity index (χ4v) is 3.97. The second-order valence-electron chi connectivity index (χ2n) is 7.48. The molecule has 0 aromatic heterocycles. The molecule has 3 amide bonds. The average molecular weight is 357 g/mol. The highest BCUT2D eigenvalue weighted by molar-refractivity contribution is 5.89. The summed E-state index contributed by atoms with van der Waals surface area (Å²) >= 11 is 0. The molecule has 1 aromatic carbocycles. The zero-order chi connectivity index (χ0) is 18.4. The van der Waals surface area contributed by atoms with Gasteiger partial charge in [0.2, 0.25) is 5.91 Å². The van der Waals surface area contributed by atoms with E-state index in [1.807, 2.05) is 34.1 Å². The van der Waals surface area contributed by atoms with E-state index in [4.69, 9.17) is 0 Å². The van der Waals surface area contributed by atoms with Crippen LogP contribution in [0.5, 0.6) is 0 Å². The van der Waals surface area contributed by atoms with Crippen LogP contribution in [0.3, 0.4) is 0 Å². The molecule has 5 nitrogen and oxygen atoms in total. The van der Waals surface area contributed by atoms with Crippen molar-refractivity contribution >= 4 is 17.6 Å². The van der Waals surface area contributed by atoms with Gasteiger partial charge >= 0.3 is 6.03 Å². The number of benzene rings is 1. The Morgan fingerprint density at radius 1 is 0.923 bits per heavy atom. The van der Waals surface area contributed by atoms with E-state index in [9.17, 15) is 9.59 Å². The molecule has 3 rings (SSSR count). The Morgan fingerprint density at radius 3 is 2.27 bits per heavy atom. The van der Waals surface area contributed by atoms with Crippen molar-refractivity contribution in [2.45, 2.75) is 51.9 Å². The molecule has 0 atom stereocenters. The van der Waals surface area contributed by atoms with Crippen LogP contribution in [0.2, 0.25) is 0 Å². The number of rotatable bonds is 3. The van der Waals surface area contributed by atoms with Crippen molar-refractivity contribution in [3.63, 3.8) is 0 Å². The number of nitrogens with zero attached hydrogens (tertiary/aromatic N) is 2. The largest absolute Gasteiger partial charge is 0.341 e. The van der Waals surface area contributed by atoms with Gasteiger partial charge in [-0.1, -0.05) is 38.3 Å². The normalized spacial score (nSPS) is 19.1. The third-order valence-corrected chi connectivity index (χ3v) is 5.66. The molecular formula is C21H31N3O2. The Balaban J connectivity index is 1.52. The molecule has 5 heteroatoms. The molecule has 1 saturated carbocycles. The molecule has 26 heavy (non-hydrogen) atoms. The summed E-state index contributed by atoms with van der Waals surface area (Å²) in [7, 11) is 0. The first-order valence-electron chi connectivity index (χ1n) is 10.1. The lowest BCUT2D eigenvalue weighted by Gasteiger charge is -2.28. The molecule has 1 aromatic rings. The first-order valence-corrected chi connectivity index (χ1v) is 10.1. The lowest BCUT2D eigenvalue weighted by atomic mass is 9.88. The fourth-order valence-electron chi connectivity index (χ4n) is 3.97. The second-order valence-corrected chi connectivity index (χ2v) is 7.48. The number of urea groups is 1. The quantitative estimate of drug-likeness (QED) is 0.892. The highest BCUT2D eigenvalue weighted by atomic mass is 16.2. The van der Waals surface area contributed by atoms with Crippen LogP contribution in [0.25, 0.3) is 0 Å². The number of anilines is 1. The van der Waals surface area contributed by atoms with E-state index in [1.165, 1.54) is 24.8 Å². The van der Waals surface area contributed by atoms with Crippen molar-refractivity contribution in [3.05, 3.63) is 29.8 Å². The average Bonchev–Trinajstić information content (AvgIpc) is 2.95. The highest BCUT2D eigenvalue weighted by Gasteiger charge is 2.28. The molecule has 0 unspecified atom stereocenters. The van der Waals surface area contributed by atoms with Crippen molar-refractivity contribution in [2.75, 3.05) is 31.5 Å². The smallest absolute Gasteiger partial charge is 0.321 e. The maximum Gasteiger partial charge on any atom is 0.321 e. The lowest BCUT2D eigenvalue weighted by Crippen LogP contribution is -2.41. The molecule has 0 radical (unpaired) electrons. The number of nitrogens with one attached hydrogen (secondary N) is 1. The van der Waals surface area contributed by atoms with Crippen LogP contribution in [0.4, 0.5) is 10.5 Å². The predicted octanol–water partition coefficient (Wildman–Crippen LogP) is 3.90.